The molecule has 0 saturated carbocycles. The Morgan fingerprint density at radius 2 is 2.09 bits per heavy atom. The van der Waals surface area contributed by atoms with Crippen LogP contribution in [0.3, 0.4) is 0 Å². The molecule has 1 saturated heterocycles. The molecule has 1 aliphatic heterocycles. The lowest BCUT2D eigenvalue weighted by molar-refractivity contribution is 0.0787. The lowest BCUT2D eigenvalue weighted by atomic mass is 10.2. The molecule has 1 fully saturated rings. The van der Waals surface area contributed by atoms with Gasteiger partial charge in [0.05, 0.1) is 29.0 Å². The zero-order chi connectivity index (χ0) is 14.9. The van der Waals surface area contributed by atoms with Crippen LogP contribution in [0.1, 0.15) is 22.8 Å². The summed E-state index contributed by atoms with van der Waals surface area (Å²) >= 11 is 0. The molecular weight excluding hydrogens is 276 g/mol. The number of rotatable bonds is 2. The Morgan fingerprint density at radius 3 is 2.95 bits per heavy atom. The van der Waals surface area contributed by atoms with Crippen molar-refractivity contribution in [3.63, 3.8) is 0 Å². The monoisotopic (exact) mass is 292 g/mol. The highest BCUT2D eigenvalue weighted by Crippen LogP contribution is 2.26. The van der Waals surface area contributed by atoms with Crippen molar-refractivity contribution in [2.45, 2.75) is 12.5 Å². The van der Waals surface area contributed by atoms with E-state index in [0.29, 0.717) is 12.1 Å². The van der Waals surface area contributed by atoms with Gasteiger partial charge in [-0.25, -0.2) is 4.98 Å². The van der Waals surface area contributed by atoms with Crippen molar-refractivity contribution < 1.29 is 4.79 Å². The molecule has 1 atom stereocenters. The maximum Gasteiger partial charge on any atom is 0.255 e. The number of likely N-dealkylation sites (tertiary alicyclic amines) is 1. The van der Waals surface area contributed by atoms with Crippen molar-refractivity contribution in [1.82, 2.24) is 19.4 Å². The van der Waals surface area contributed by atoms with E-state index >= 15 is 0 Å². The number of amides is 1. The molecule has 1 amide bonds. The number of nitrogens with zero attached hydrogens (tertiary/aromatic N) is 4. The standard InChI is InChI=1S/C17H16N4O/c22-17(13-4-3-8-18-10-13)20-9-7-14(11-20)21-12-19-15-5-1-2-6-16(15)21/h1-6,8,10,12,14H,7,9,11H2. The Labute approximate surface area is 128 Å². The van der Waals surface area contributed by atoms with Crippen LogP contribution in [0.15, 0.2) is 55.1 Å². The molecule has 22 heavy (non-hydrogen) atoms. The summed E-state index contributed by atoms with van der Waals surface area (Å²) in [6.07, 6.45) is 6.14. The van der Waals surface area contributed by atoms with Crippen molar-refractivity contribution in [1.29, 1.82) is 0 Å². The molecule has 0 N–H and O–H groups in total. The fourth-order valence-electron chi connectivity index (χ4n) is 3.09. The molecule has 4 rings (SSSR count). The molecular formula is C17H16N4O. The van der Waals surface area contributed by atoms with Crippen molar-refractivity contribution in [2.75, 3.05) is 13.1 Å². The first-order valence-corrected chi connectivity index (χ1v) is 7.44. The Kier molecular flexibility index (Phi) is 3.11. The first-order chi connectivity index (χ1) is 10.8. The van der Waals surface area contributed by atoms with Crippen LogP contribution in [0.2, 0.25) is 0 Å². The SMILES string of the molecule is O=C(c1cccnc1)N1CCC(n2cnc3ccccc32)C1. The highest BCUT2D eigenvalue weighted by molar-refractivity contribution is 5.94. The third-order valence-corrected chi connectivity index (χ3v) is 4.23. The molecule has 0 spiro atoms. The Morgan fingerprint density at radius 1 is 1.18 bits per heavy atom. The minimum absolute atomic E-state index is 0.0556. The predicted molar refractivity (Wildman–Crippen MR) is 83.5 cm³/mol. The quantitative estimate of drug-likeness (QED) is 0.729. The molecule has 0 bridgehead atoms. The molecule has 3 heterocycles. The molecule has 3 aromatic rings. The van der Waals surface area contributed by atoms with Gasteiger partial charge in [-0.3, -0.25) is 9.78 Å². The van der Waals surface area contributed by atoms with E-state index in [-0.39, 0.29) is 11.9 Å². The van der Waals surface area contributed by atoms with E-state index in [4.69, 9.17) is 0 Å². The smallest absolute Gasteiger partial charge is 0.255 e. The van der Waals surface area contributed by atoms with Crippen LogP contribution in [0.5, 0.6) is 0 Å². The minimum atomic E-state index is 0.0556. The number of para-hydroxylation sites is 2. The molecule has 2 aromatic heterocycles. The van der Waals surface area contributed by atoms with Gasteiger partial charge in [-0.1, -0.05) is 12.1 Å². The highest BCUT2D eigenvalue weighted by Gasteiger charge is 2.28. The van der Waals surface area contributed by atoms with E-state index < -0.39 is 0 Å². The number of benzene rings is 1. The summed E-state index contributed by atoms with van der Waals surface area (Å²) in [5.41, 5.74) is 2.78. The van der Waals surface area contributed by atoms with Gasteiger partial charge in [0.2, 0.25) is 0 Å². The first kappa shape index (κ1) is 13.0. The Balaban J connectivity index is 1.56. The van der Waals surface area contributed by atoms with Crippen LogP contribution in [0.4, 0.5) is 0 Å². The number of pyridine rings is 1. The van der Waals surface area contributed by atoms with Crippen molar-refractivity contribution >= 4 is 16.9 Å². The van der Waals surface area contributed by atoms with Gasteiger partial charge in [-0.2, -0.15) is 0 Å². The van der Waals surface area contributed by atoms with Crippen LogP contribution in [-0.2, 0) is 0 Å². The molecule has 5 heteroatoms. The summed E-state index contributed by atoms with van der Waals surface area (Å²) in [7, 11) is 0. The number of hydrogen-bond donors (Lipinski definition) is 0. The number of aromatic nitrogens is 3. The summed E-state index contributed by atoms with van der Waals surface area (Å²) in [6, 6.07) is 12.0. The second kappa shape index (κ2) is 5.26. The second-order valence-corrected chi connectivity index (χ2v) is 5.58. The maximum absolute atomic E-state index is 12.5. The number of fused-ring (bicyclic) bond motifs is 1. The summed E-state index contributed by atoms with van der Waals surface area (Å²) in [4.78, 5) is 22.9. The number of carbonyl (C=O) groups is 1. The van der Waals surface area contributed by atoms with Gasteiger partial charge in [0.15, 0.2) is 0 Å². The minimum Gasteiger partial charge on any atom is -0.336 e. The van der Waals surface area contributed by atoms with Gasteiger partial charge in [0, 0.05) is 25.5 Å². The fraction of sp³-hybridized carbons (Fsp3) is 0.235. The number of imidazole rings is 1. The van der Waals surface area contributed by atoms with Gasteiger partial charge in [-0.05, 0) is 30.7 Å². The summed E-state index contributed by atoms with van der Waals surface area (Å²) in [5, 5.41) is 0. The molecule has 1 aromatic carbocycles. The van der Waals surface area contributed by atoms with Gasteiger partial charge in [0.1, 0.15) is 0 Å². The Bertz CT molecular complexity index is 812. The van der Waals surface area contributed by atoms with E-state index in [1.54, 1.807) is 18.5 Å². The highest BCUT2D eigenvalue weighted by atomic mass is 16.2. The number of hydrogen-bond acceptors (Lipinski definition) is 3. The van der Waals surface area contributed by atoms with Crippen molar-refractivity contribution in [3.8, 4) is 0 Å². The van der Waals surface area contributed by atoms with Crippen LogP contribution in [0, 0.1) is 0 Å². The predicted octanol–water partition coefficient (Wildman–Crippen LogP) is 2.52. The van der Waals surface area contributed by atoms with Gasteiger partial charge >= 0.3 is 0 Å². The van der Waals surface area contributed by atoms with E-state index in [0.717, 1.165) is 24.0 Å². The van der Waals surface area contributed by atoms with Crippen LogP contribution in [0.25, 0.3) is 11.0 Å². The van der Waals surface area contributed by atoms with Gasteiger partial charge in [0.25, 0.3) is 5.91 Å². The molecule has 0 aliphatic carbocycles. The lowest BCUT2D eigenvalue weighted by Gasteiger charge is -2.17. The maximum atomic E-state index is 12.5. The van der Waals surface area contributed by atoms with E-state index in [1.165, 1.54) is 0 Å². The summed E-state index contributed by atoms with van der Waals surface area (Å²) in [6.45, 7) is 1.49. The van der Waals surface area contributed by atoms with Crippen molar-refractivity contribution in [3.05, 3.63) is 60.7 Å². The fourth-order valence-corrected chi connectivity index (χ4v) is 3.09. The lowest BCUT2D eigenvalue weighted by Crippen LogP contribution is -2.29. The molecule has 0 radical (unpaired) electrons. The third-order valence-electron chi connectivity index (χ3n) is 4.23. The number of carbonyl (C=O) groups excluding carboxylic acids is 1. The van der Waals surface area contributed by atoms with Crippen LogP contribution >= 0.6 is 0 Å². The molecule has 110 valence electrons. The average molecular weight is 292 g/mol. The summed E-state index contributed by atoms with van der Waals surface area (Å²) < 4.78 is 2.19. The average Bonchev–Trinajstić information content (AvgIpc) is 3.21. The molecule has 1 unspecified atom stereocenters. The zero-order valence-electron chi connectivity index (χ0n) is 12.1. The van der Waals surface area contributed by atoms with Gasteiger partial charge in [-0.15, -0.1) is 0 Å². The van der Waals surface area contributed by atoms with Crippen molar-refractivity contribution in [2.24, 2.45) is 0 Å². The normalized spacial score (nSPS) is 18.0. The molecule has 1 aliphatic rings. The van der Waals surface area contributed by atoms with Crippen LogP contribution < -0.4 is 0 Å². The zero-order valence-corrected chi connectivity index (χ0v) is 12.1. The van der Waals surface area contributed by atoms with E-state index in [9.17, 15) is 4.79 Å². The van der Waals surface area contributed by atoms with Gasteiger partial charge < -0.3 is 9.47 Å². The third kappa shape index (κ3) is 2.15. The van der Waals surface area contributed by atoms with Crippen LogP contribution in [-0.4, -0.2) is 38.4 Å². The topological polar surface area (TPSA) is 51.0 Å². The Hall–Kier alpha value is -2.69. The second-order valence-electron chi connectivity index (χ2n) is 5.58. The first-order valence-electron chi connectivity index (χ1n) is 7.44. The summed E-state index contributed by atoms with van der Waals surface area (Å²) in [5.74, 6) is 0.0556. The molecule has 5 nitrogen and oxygen atoms in total. The van der Waals surface area contributed by atoms with E-state index in [2.05, 4.69) is 20.6 Å². The largest absolute Gasteiger partial charge is 0.336 e. The van der Waals surface area contributed by atoms with E-state index in [1.807, 2.05) is 35.5 Å².